The number of furan rings is 1. The molecule has 0 N–H and O–H groups in total. The van der Waals surface area contributed by atoms with E-state index in [0.717, 1.165) is 56.7 Å². The van der Waals surface area contributed by atoms with Gasteiger partial charge in [-0.25, -0.2) is 15.0 Å². The van der Waals surface area contributed by atoms with Gasteiger partial charge in [-0.3, -0.25) is 0 Å². The predicted octanol–water partition coefficient (Wildman–Crippen LogP) is 8.70. The van der Waals surface area contributed by atoms with E-state index in [9.17, 15) is 0 Å². The van der Waals surface area contributed by atoms with Gasteiger partial charge in [-0.1, -0.05) is 121 Å². The third kappa shape index (κ3) is 4.42. The van der Waals surface area contributed by atoms with Gasteiger partial charge in [0.05, 0.1) is 0 Å². The zero-order chi connectivity index (χ0) is 29.7. The molecule has 0 bridgehead atoms. The van der Waals surface area contributed by atoms with Crippen LogP contribution in [0.25, 0.3) is 78.1 Å². The Morgan fingerprint density at radius 1 is 0.467 bits per heavy atom. The second-order valence-corrected chi connectivity index (χ2v) is 11.5. The molecule has 0 fully saturated rings. The molecule has 45 heavy (non-hydrogen) atoms. The topological polar surface area (TPSA) is 51.8 Å². The van der Waals surface area contributed by atoms with E-state index < -0.39 is 0 Å². The smallest absolute Gasteiger partial charge is 0.164 e. The van der Waals surface area contributed by atoms with Crippen molar-refractivity contribution in [2.45, 2.75) is 12.8 Å². The highest BCUT2D eigenvalue weighted by Gasteiger charge is 2.19. The number of hydrogen-bond donors (Lipinski definition) is 0. The van der Waals surface area contributed by atoms with Crippen molar-refractivity contribution in [2.24, 2.45) is 0 Å². The van der Waals surface area contributed by atoms with Crippen molar-refractivity contribution in [1.29, 1.82) is 0 Å². The van der Waals surface area contributed by atoms with Gasteiger partial charge in [0.2, 0.25) is 0 Å². The first-order valence-corrected chi connectivity index (χ1v) is 15.3. The molecule has 2 heterocycles. The number of fused-ring (bicyclic) bond motifs is 6. The van der Waals surface area contributed by atoms with Crippen LogP contribution in [0.15, 0.2) is 138 Å². The Hall–Kier alpha value is -5.87. The first-order valence-electron chi connectivity index (χ1n) is 15.3. The van der Waals surface area contributed by atoms with Gasteiger partial charge in [-0.2, -0.15) is 0 Å². The van der Waals surface area contributed by atoms with Crippen LogP contribution in [0.2, 0.25) is 0 Å². The molecule has 1 aliphatic rings. The van der Waals surface area contributed by atoms with Crippen LogP contribution in [-0.4, -0.2) is 15.0 Å². The van der Waals surface area contributed by atoms with Gasteiger partial charge in [0.1, 0.15) is 11.0 Å². The van der Waals surface area contributed by atoms with Crippen LogP contribution < -0.4 is 10.6 Å². The molecule has 0 spiro atoms. The van der Waals surface area contributed by atoms with E-state index in [0.29, 0.717) is 17.5 Å². The summed E-state index contributed by atoms with van der Waals surface area (Å²) < 4.78 is 6.69. The molecule has 0 saturated heterocycles. The molecule has 0 atom stereocenters. The maximum Gasteiger partial charge on any atom is 0.164 e. The molecule has 4 nitrogen and oxygen atoms in total. The largest absolute Gasteiger partial charge is 0.456 e. The lowest BCUT2D eigenvalue weighted by atomic mass is 9.97. The fourth-order valence-electron chi connectivity index (χ4n) is 6.55. The second kappa shape index (κ2) is 10.4. The first kappa shape index (κ1) is 25.6. The Kier molecular flexibility index (Phi) is 5.91. The van der Waals surface area contributed by atoms with Crippen LogP contribution in [0.5, 0.6) is 0 Å². The van der Waals surface area contributed by atoms with Crippen LogP contribution in [0.3, 0.4) is 0 Å². The minimum Gasteiger partial charge on any atom is -0.456 e. The van der Waals surface area contributed by atoms with Crippen molar-refractivity contribution in [3.8, 4) is 33.9 Å². The number of rotatable bonds is 4. The number of aromatic nitrogens is 3. The molecule has 2 aromatic heterocycles. The molecule has 4 heteroatoms. The minimum atomic E-state index is 0.658. The molecule has 0 radical (unpaired) electrons. The van der Waals surface area contributed by atoms with E-state index in [1.54, 1.807) is 0 Å². The Balaban J connectivity index is 1.20. The van der Waals surface area contributed by atoms with Gasteiger partial charge < -0.3 is 4.42 Å². The molecule has 212 valence electrons. The lowest BCUT2D eigenvalue weighted by Gasteiger charge is -2.11. The second-order valence-electron chi connectivity index (χ2n) is 11.5. The Bertz CT molecular complexity index is 2480. The molecule has 0 unspecified atom stereocenters. The number of hydrogen-bond acceptors (Lipinski definition) is 4. The van der Waals surface area contributed by atoms with Crippen LogP contribution in [-0.2, 0) is 0 Å². The van der Waals surface area contributed by atoms with E-state index in [4.69, 9.17) is 19.4 Å². The monoisotopic (exact) mass is 577 g/mol. The van der Waals surface area contributed by atoms with Crippen LogP contribution in [0, 0.1) is 0 Å². The zero-order valence-electron chi connectivity index (χ0n) is 24.4. The van der Waals surface area contributed by atoms with E-state index in [1.807, 2.05) is 60.7 Å². The summed E-state index contributed by atoms with van der Waals surface area (Å²) in [6.45, 7) is 0. The summed E-state index contributed by atoms with van der Waals surface area (Å²) in [6.07, 6.45) is 3.97. The van der Waals surface area contributed by atoms with Crippen molar-refractivity contribution in [3.63, 3.8) is 0 Å². The summed E-state index contributed by atoms with van der Waals surface area (Å²) >= 11 is 0. The molecule has 0 saturated carbocycles. The van der Waals surface area contributed by atoms with Gasteiger partial charge >= 0.3 is 0 Å². The SMILES string of the molecule is C1=c2c(oc3cc(-c4ccc5c(ccc6ccccc65)c4)ccc23)=C(c2nc(-c3ccccc3)nc(-c3ccccc3)n2)CC1. The van der Waals surface area contributed by atoms with Crippen molar-refractivity contribution in [2.75, 3.05) is 0 Å². The lowest BCUT2D eigenvalue weighted by molar-refractivity contribution is 0.567. The van der Waals surface area contributed by atoms with E-state index in [1.165, 1.54) is 27.1 Å². The van der Waals surface area contributed by atoms with Crippen LogP contribution in [0.4, 0.5) is 0 Å². The maximum atomic E-state index is 6.69. The fourth-order valence-corrected chi connectivity index (χ4v) is 6.55. The summed E-state index contributed by atoms with van der Waals surface area (Å²) in [7, 11) is 0. The first-order chi connectivity index (χ1) is 22.3. The highest BCUT2D eigenvalue weighted by Crippen LogP contribution is 2.31. The van der Waals surface area contributed by atoms with E-state index in [-0.39, 0.29) is 0 Å². The molecule has 1 aliphatic carbocycles. The molecule has 9 rings (SSSR count). The normalized spacial score (nSPS) is 12.8. The Labute approximate surface area is 259 Å². The fraction of sp³-hybridized carbons (Fsp3) is 0.0488. The van der Waals surface area contributed by atoms with Gasteiger partial charge in [0.15, 0.2) is 17.5 Å². The summed E-state index contributed by atoms with van der Waals surface area (Å²) in [5, 5.41) is 7.26. The van der Waals surface area contributed by atoms with E-state index in [2.05, 4.69) is 78.9 Å². The average molecular weight is 578 g/mol. The zero-order valence-corrected chi connectivity index (χ0v) is 24.4. The lowest BCUT2D eigenvalue weighted by Crippen LogP contribution is -2.27. The van der Waals surface area contributed by atoms with Gasteiger partial charge in [0, 0.05) is 27.3 Å². The quantitative estimate of drug-likeness (QED) is 0.196. The average Bonchev–Trinajstić information content (AvgIpc) is 3.50. The van der Waals surface area contributed by atoms with E-state index >= 15 is 0 Å². The maximum absolute atomic E-state index is 6.69. The third-order valence-corrected chi connectivity index (χ3v) is 8.79. The van der Waals surface area contributed by atoms with Crippen molar-refractivity contribution in [1.82, 2.24) is 15.0 Å². The Morgan fingerprint density at radius 2 is 1.07 bits per heavy atom. The molecule has 0 amide bonds. The standard InChI is InChI=1S/C41H27N3O/c1-3-11-27(12-4-1)39-42-40(28-13-5-2-6-14-28)44-41(43-39)36-17-9-16-35-34-23-21-30(25-37(34)45-38(35)36)29-20-22-33-31(24-29)19-18-26-10-7-8-15-32(26)33/h1-8,10-16,18-25H,9,17H2. The number of nitrogens with zero attached hydrogens (tertiary/aromatic N) is 3. The van der Waals surface area contributed by atoms with Crippen LogP contribution >= 0.6 is 0 Å². The molecule has 8 aromatic rings. The number of benzene rings is 6. The Morgan fingerprint density at radius 3 is 1.82 bits per heavy atom. The third-order valence-electron chi connectivity index (χ3n) is 8.79. The van der Waals surface area contributed by atoms with Gasteiger partial charge in [-0.05, 0) is 63.7 Å². The van der Waals surface area contributed by atoms with Crippen LogP contribution in [0.1, 0.15) is 18.7 Å². The predicted molar refractivity (Wildman–Crippen MR) is 183 cm³/mol. The highest BCUT2D eigenvalue weighted by atomic mass is 16.3. The summed E-state index contributed by atoms with van der Waals surface area (Å²) in [4.78, 5) is 14.9. The summed E-state index contributed by atoms with van der Waals surface area (Å²) in [6, 6.07) is 46.4. The summed E-state index contributed by atoms with van der Waals surface area (Å²) in [5.74, 6) is 1.98. The van der Waals surface area contributed by atoms with Gasteiger partial charge in [-0.15, -0.1) is 0 Å². The molecular formula is C41H27N3O. The van der Waals surface area contributed by atoms with Crippen molar-refractivity contribution >= 4 is 44.2 Å². The molecule has 0 aliphatic heterocycles. The molecule has 6 aromatic carbocycles. The van der Waals surface area contributed by atoms with Gasteiger partial charge in [0.25, 0.3) is 0 Å². The summed E-state index contributed by atoms with van der Waals surface area (Å²) in [5.41, 5.74) is 6.94. The minimum absolute atomic E-state index is 0.658. The molecular weight excluding hydrogens is 550 g/mol. The highest BCUT2D eigenvalue weighted by molar-refractivity contribution is 6.08. The van der Waals surface area contributed by atoms with Crippen molar-refractivity contribution < 1.29 is 4.42 Å². The van der Waals surface area contributed by atoms with Crippen molar-refractivity contribution in [3.05, 3.63) is 150 Å².